The van der Waals surface area contributed by atoms with E-state index in [4.69, 9.17) is 5.73 Å². The molecule has 0 aromatic rings. The first kappa shape index (κ1) is 12.3. The normalized spacial score (nSPS) is 36.0. The summed E-state index contributed by atoms with van der Waals surface area (Å²) in [5.41, 5.74) is 6.27. The third-order valence-corrected chi connectivity index (χ3v) is 4.65. The lowest BCUT2D eigenvalue weighted by molar-refractivity contribution is 0.0231. The number of rotatable bonds is 4. The highest BCUT2D eigenvalue weighted by molar-refractivity contribution is 4.96. The molecule has 94 valence electrons. The van der Waals surface area contributed by atoms with E-state index < -0.39 is 0 Å². The number of aliphatic hydroxyl groups excluding tert-OH is 1. The van der Waals surface area contributed by atoms with Gasteiger partial charge in [0.2, 0.25) is 0 Å². The molecule has 0 spiro atoms. The highest BCUT2D eigenvalue weighted by Crippen LogP contribution is 2.35. The monoisotopic (exact) mass is 226 g/mol. The van der Waals surface area contributed by atoms with Crippen LogP contribution in [0.25, 0.3) is 0 Å². The molecule has 1 heterocycles. The summed E-state index contributed by atoms with van der Waals surface area (Å²) in [5.74, 6) is 1.40. The van der Waals surface area contributed by atoms with Gasteiger partial charge in [-0.1, -0.05) is 6.92 Å². The number of nitrogens with two attached hydrogens (primary N) is 1. The molecule has 3 heteroatoms. The molecule has 1 aliphatic heterocycles. The van der Waals surface area contributed by atoms with E-state index in [0.717, 1.165) is 12.5 Å². The fourth-order valence-corrected chi connectivity index (χ4v) is 3.08. The zero-order valence-corrected chi connectivity index (χ0v) is 10.6. The Hall–Kier alpha value is -0.120. The molecule has 0 amide bonds. The Morgan fingerprint density at radius 1 is 1.31 bits per heavy atom. The minimum atomic E-state index is 0.178. The second-order valence-corrected chi connectivity index (χ2v) is 5.76. The van der Waals surface area contributed by atoms with E-state index in [1.165, 1.54) is 25.7 Å². The lowest BCUT2D eigenvalue weighted by Gasteiger charge is -2.44. The van der Waals surface area contributed by atoms with Gasteiger partial charge in [0.1, 0.15) is 0 Å². The molecule has 3 nitrogen and oxygen atoms in total. The molecule has 1 saturated heterocycles. The SMILES string of the molecule is CC1CCCN(C(CO)C(N)C2CC2)C1C. The van der Waals surface area contributed by atoms with Crippen LogP contribution in [0.2, 0.25) is 0 Å². The van der Waals surface area contributed by atoms with Crippen molar-refractivity contribution in [3.05, 3.63) is 0 Å². The molecule has 16 heavy (non-hydrogen) atoms. The predicted molar refractivity (Wildman–Crippen MR) is 66.1 cm³/mol. The number of hydrogen-bond donors (Lipinski definition) is 2. The topological polar surface area (TPSA) is 49.5 Å². The summed E-state index contributed by atoms with van der Waals surface area (Å²) < 4.78 is 0. The molecule has 2 rings (SSSR count). The van der Waals surface area contributed by atoms with Gasteiger partial charge in [0, 0.05) is 18.1 Å². The quantitative estimate of drug-likeness (QED) is 0.757. The number of aliphatic hydroxyl groups is 1. The van der Waals surface area contributed by atoms with Crippen LogP contribution >= 0.6 is 0 Å². The third-order valence-electron chi connectivity index (χ3n) is 4.65. The van der Waals surface area contributed by atoms with Crippen molar-refractivity contribution >= 4 is 0 Å². The van der Waals surface area contributed by atoms with Crippen LogP contribution in [0.3, 0.4) is 0 Å². The van der Waals surface area contributed by atoms with E-state index in [1.807, 2.05) is 0 Å². The molecule has 0 radical (unpaired) electrons. The smallest absolute Gasteiger partial charge is 0.0602 e. The number of likely N-dealkylation sites (tertiary alicyclic amines) is 1. The van der Waals surface area contributed by atoms with Gasteiger partial charge >= 0.3 is 0 Å². The van der Waals surface area contributed by atoms with Crippen LogP contribution in [0.1, 0.15) is 39.5 Å². The maximum absolute atomic E-state index is 9.61. The highest BCUT2D eigenvalue weighted by Gasteiger charge is 2.39. The lowest BCUT2D eigenvalue weighted by Crippen LogP contribution is -2.57. The minimum Gasteiger partial charge on any atom is -0.395 e. The van der Waals surface area contributed by atoms with Crippen LogP contribution in [0, 0.1) is 11.8 Å². The molecule has 2 fully saturated rings. The molecule has 1 aliphatic carbocycles. The zero-order valence-electron chi connectivity index (χ0n) is 10.6. The Kier molecular flexibility index (Phi) is 3.88. The number of piperidine rings is 1. The molecule has 0 bridgehead atoms. The fraction of sp³-hybridized carbons (Fsp3) is 1.00. The van der Waals surface area contributed by atoms with Gasteiger partial charge in [-0.15, -0.1) is 0 Å². The maximum Gasteiger partial charge on any atom is 0.0602 e. The molecule has 4 atom stereocenters. The van der Waals surface area contributed by atoms with Crippen molar-refractivity contribution in [2.24, 2.45) is 17.6 Å². The van der Waals surface area contributed by atoms with Gasteiger partial charge in [0.25, 0.3) is 0 Å². The molecule has 0 aromatic carbocycles. The van der Waals surface area contributed by atoms with Gasteiger partial charge in [-0.2, -0.15) is 0 Å². The van der Waals surface area contributed by atoms with Crippen molar-refractivity contribution in [3.8, 4) is 0 Å². The number of hydrogen-bond acceptors (Lipinski definition) is 3. The summed E-state index contributed by atoms with van der Waals surface area (Å²) in [5, 5.41) is 9.61. The first-order valence-corrected chi connectivity index (χ1v) is 6.77. The third kappa shape index (κ3) is 2.41. The Bertz CT molecular complexity index is 226. The van der Waals surface area contributed by atoms with Crippen LogP contribution < -0.4 is 5.73 Å². The largest absolute Gasteiger partial charge is 0.395 e. The summed E-state index contributed by atoms with van der Waals surface area (Å²) in [6.45, 7) is 5.92. The van der Waals surface area contributed by atoms with E-state index in [1.54, 1.807) is 0 Å². The lowest BCUT2D eigenvalue weighted by atomic mass is 9.89. The van der Waals surface area contributed by atoms with E-state index in [9.17, 15) is 5.11 Å². The van der Waals surface area contributed by atoms with Gasteiger partial charge in [-0.05, 0) is 51.0 Å². The summed E-state index contributed by atoms with van der Waals surface area (Å²) in [6.07, 6.45) is 5.08. The summed E-state index contributed by atoms with van der Waals surface area (Å²) in [4.78, 5) is 2.46. The second kappa shape index (κ2) is 5.03. The molecular weight excluding hydrogens is 200 g/mol. The minimum absolute atomic E-state index is 0.178. The fourth-order valence-electron chi connectivity index (χ4n) is 3.08. The van der Waals surface area contributed by atoms with Crippen LogP contribution in [0.15, 0.2) is 0 Å². The zero-order chi connectivity index (χ0) is 11.7. The van der Waals surface area contributed by atoms with Crippen molar-refractivity contribution in [2.75, 3.05) is 13.2 Å². The molecule has 1 saturated carbocycles. The average Bonchev–Trinajstić information content (AvgIpc) is 3.08. The average molecular weight is 226 g/mol. The van der Waals surface area contributed by atoms with Crippen molar-refractivity contribution in [3.63, 3.8) is 0 Å². The maximum atomic E-state index is 9.61. The Morgan fingerprint density at radius 3 is 2.56 bits per heavy atom. The van der Waals surface area contributed by atoms with Gasteiger partial charge in [0.05, 0.1) is 6.61 Å². The van der Waals surface area contributed by atoms with E-state index in [2.05, 4.69) is 18.7 Å². The van der Waals surface area contributed by atoms with Gasteiger partial charge < -0.3 is 10.8 Å². The van der Waals surface area contributed by atoms with Crippen molar-refractivity contribution < 1.29 is 5.11 Å². The summed E-state index contributed by atoms with van der Waals surface area (Å²) in [7, 11) is 0. The van der Waals surface area contributed by atoms with Crippen molar-refractivity contribution in [2.45, 2.75) is 57.7 Å². The first-order valence-electron chi connectivity index (χ1n) is 6.77. The molecule has 2 aliphatic rings. The predicted octanol–water partition coefficient (Wildman–Crippen LogP) is 1.21. The molecule has 3 N–H and O–H groups in total. The molecule has 0 aromatic heterocycles. The summed E-state index contributed by atoms with van der Waals surface area (Å²) >= 11 is 0. The standard InChI is InChI=1S/C13H26N2O/c1-9-4-3-7-15(10(9)2)12(8-16)13(14)11-5-6-11/h9-13,16H,3-8,14H2,1-2H3. The van der Waals surface area contributed by atoms with E-state index >= 15 is 0 Å². The van der Waals surface area contributed by atoms with Crippen molar-refractivity contribution in [1.82, 2.24) is 4.90 Å². The van der Waals surface area contributed by atoms with Crippen LogP contribution in [-0.2, 0) is 0 Å². The van der Waals surface area contributed by atoms with Gasteiger partial charge in [-0.25, -0.2) is 0 Å². The highest BCUT2D eigenvalue weighted by atomic mass is 16.3. The second-order valence-electron chi connectivity index (χ2n) is 5.76. The Labute approximate surface area is 99.0 Å². The van der Waals surface area contributed by atoms with Crippen LogP contribution in [0.5, 0.6) is 0 Å². The van der Waals surface area contributed by atoms with E-state index in [-0.39, 0.29) is 18.7 Å². The van der Waals surface area contributed by atoms with Crippen molar-refractivity contribution in [1.29, 1.82) is 0 Å². The van der Waals surface area contributed by atoms with Gasteiger partial charge in [-0.3, -0.25) is 4.90 Å². The van der Waals surface area contributed by atoms with Crippen LogP contribution in [-0.4, -0.2) is 41.3 Å². The van der Waals surface area contributed by atoms with Gasteiger partial charge in [0.15, 0.2) is 0 Å². The van der Waals surface area contributed by atoms with Crippen LogP contribution in [0.4, 0.5) is 0 Å². The molecule has 4 unspecified atom stereocenters. The first-order chi connectivity index (χ1) is 7.65. The number of nitrogens with zero attached hydrogens (tertiary/aromatic N) is 1. The summed E-state index contributed by atoms with van der Waals surface area (Å²) in [6, 6.07) is 0.929. The van der Waals surface area contributed by atoms with E-state index in [0.29, 0.717) is 12.0 Å². The Balaban J connectivity index is 2.01. The molecular formula is C13H26N2O. The Morgan fingerprint density at radius 2 is 2.00 bits per heavy atom.